The molecule has 7 heteroatoms. The highest BCUT2D eigenvalue weighted by molar-refractivity contribution is 6.21. The summed E-state index contributed by atoms with van der Waals surface area (Å²) in [5.74, 6) is -0.294. The quantitative estimate of drug-likeness (QED) is 0.644. The molecule has 1 fully saturated rings. The van der Waals surface area contributed by atoms with Gasteiger partial charge in [0.15, 0.2) is 0 Å². The molecule has 3 rings (SSSR count). The molecule has 4 amide bonds. The lowest BCUT2D eigenvalue weighted by atomic mass is 10.0. The van der Waals surface area contributed by atoms with E-state index in [1.807, 2.05) is 23.6 Å². The first-order valence-corrected chi connectivity index (χ1v) is 11.0. The maximum Gasteiger partial charge on any atom is 0.261 e. The second kappa shape index (κ2) is 9.87. The number of hydrogen-bond acceptors (Lipinski definition) is 4. The predicted octanol–water partition coefficient (Wildman–Crippen LogP) is 2.56. The van der Waals surface area contributed by atoms with Gasteiger partial charge in [-0.1, -0.05) is 26.0 Å². The van der Waals surface area contributed by atoms with E-state index >= 15 is 0 Å². The van der Waals surface area contributed by atoms with Crippen LogP contribution in [-0.4, -0.2) is 71.1 Å². The monoisotopic (exact) mass is 413 g/mol. The van der Waals surface area contributed by atoms with Crippen LogP contribution in [-0.2, 0) is 9.59 Å². The fraction of sp³-hybridized carbons (Fsp3) is 0.565. The van der Waals surface area contributed by atoms with Crippen LogP contribution in [0.1, 0.15) is 66.7 Å². The van der Waals surface area contributed by atoms with Crippen LogP contribution in [0.2, 0.25) is 0 Å². The molecule has 2 heterocycles. The zero-order chi connectivity index (χ0) is 21.7. The third-order valence-corrected chi connectivity index (χ3v) is 6.15. The Hall–Kier alpha value is -2.70. The number of nitrogens with zero attached hydrogens (tertiary/aromatic N) is 3. The largest absolute Gasteiger partial charge is 0.341 e. The summed E-state index contributed by atoms with van der Waals surface area (Å²) in [6.45, 7) is 6.75. The Morgan fingerprint density at radius 2 is 1.47 bits per heavy atom. The first-order valence-electron chi connectivity index (χ1n) is 11.0. The smallest absolute Gasteiger partial charge is 0.261 e. The number of carbonyl (C=O) groups is 4. The average Bonchev–Trinajstić information content (AvgIpc) is 2.93. The Bertz CT molecular complexity index is 783. The first-order chi connectivity index (χ1) is 14.5. The number of benzene rings is 1. The topological polar surface area (TPSA) is 78.0 Å². The molecule has 0 radical (unpaired) electrons. The number of imide groups is 1. The molecule has 0 unspecified atom stereocenters. The van der Waals surface area contributed by atoms with Gasteiger partial charge in [-0.05, 0) is 37.8 Å². The number of amides is 4. The highest BCUT2D eigenvalue weighted by atomic mass is 16.2. The van der Waals surface area contributed by atoms with Crippen LogP contribution >= 0.6 is 0 Å². The van der Waals surface area contributed by atoms with E-state index in [-0.39, 0.29) is 42.5 Å². The molecule has 7 nitrogen and oxygen atoms in total. The van der Waals surface area contributed by atoms with E-state index in [1.54, 1.807) is 24.3 Å². The second-order valence-corrected chi connectivity index (χ2v) is 7.98. The Kier molecular flexibility index (Phi) is 7.24. The summed E-state index contributed by atoms with van der Waals surface area (Å²) in [5, 5.41) is 0. The fourth-order valence-electron chi connectivity index (χ4n) is 4.27. The van der Waals surface area contributed by atoms with Crippen LogP contribution in [0, 0.1) is 5.92 Å². The summed E-state index contributed by atoms with van der Waals surface area (Å²) in [4.78, 5) is 55.0. The summed E-state index contributed by atoms with van der Waals surface area (Å²) < 4.78 is 0. The normalized spacial score (nSPS) is 16.8. The van der Waals surface area contributed by atoms with E-state index in [1.165, 1.54) is 4.90 Å². The van der Waals surface area contributed by atoms with Gasteiger partial charge < -0.3 is 9.80 Å². The summed E-state index contributed by atoms with van der Waals surface area (Å²) >= 11 is 0. The molecule has 1 saturated heterocycles. The van der Waals surface area contributed by atoms with E-state index in [4.69, 9.17) is 0 Å². The van der Waals surface area contributed by atoms with Crippen molar-refractivity contribution < 1.29 is 19.2 Å². The van der Waals surface area contributed by atoms with Crippen molar-refractivity contribution in [3.05, 3.63) is 35.4 Å². The molecular formula is C23H31N3O4. The second-order valence-electron chi connectivity index (χ2n) is 7.98. The molecule has 2 aliphatic heterocycles. The summed E-state index contributed by atoms with van der Waals surface area (Å²) in [7, 11) is 0. The van der Waals surface area contributed by atoms with Gasteiger partial charge in [0.25, 0.3) is 11.8 Å². The number of fused-ring (bicyclic) bond motifs is 1. The van der Waals surface area contributed by atoms with Crippen molar-refractivity contribution in [2.45, 2.75) is 46.0 Å². The van der Waals surface area contributed by atoms with Gasteiger partial charge in [0, 0.05) is 45.1 Å². The van der Waals surface area contributed by atoms with Gasteiger partial charge in [0.2, 0.25) is 11.8 Å². The zero-order valence-electron chi connectivity index (χ0n) is 17.9. The molecule has 0 atom stereocenters. The lowest BCUT2D eigenvalue weighted by molar-refractivity contribution is -0.136. The Labute approximate surface area is 178 Å². The number of rotatable bonds is 7. The minimum absolute atomic E-state index is 0.0171. The zero-order valence-corrected chi connectivity index (χ0v) is 17.9. The fourth-order valence-corrected chi connectivity index (χ4v) is 4.27. The van der Waals surface area contributed by atoms with Crippen LogP contribution < -0.4 is 0 Å². The highest BCUT2D eigenvalue weighted by Gasteiger charge is 2.34. The SMILES string of the molecule is CCC(CC)C(=O)N1CCCN(C(=O)CCCN2C(=O)c3ccccc3C2=O)CC1. The number of hydrogen-bond donors (Lipinski definition) is 0. The summed E-state index contributed by atoms with van der Waals surface area (Å²) in [6, 6.07) is 6.81. The van der Waals surface area contributed by atoms with Crippen LogP contribution in [0.25, 0.3) is 0 Å². The molecule has 0 spiro atoms. The van der Waals surface area contributed by atoms with Gasteiger partial charge in [-0.3, -0.25) is 24.1 Å². The highest BCUT2D eigenvalue weighted by Crippen LogP contribution is 2.23. The van der Waals surface area contributed by atoms with E-state index in [0.29, 0.717) is 43.7 Å². The van der Waals surface area contributed by atoms with Crippen molar-refractivity contribution in [1.82, 2.24) is 14.7 Å². The van der Waals surface area contributed by atoms with Crippen molar-refractivity contribution in [3.63, 3.8) is 0 Å². The van der Waals surface area contributed by atoms with Crippen LogP contribution in [0.15, 0.2) is 24.3 Å². The lowest BCUT2D eigenvalue weighted by Gasteiger charge is -2.25. The predicted molar refractivity (Wildman–Crippen MR) is 113 cm³/mol. The van der Waals surface area contributed by atoms with Gasteiger partial charge in [-0.2, -0.15) is 0 Å². The van der Waals surface area contributed by atoms with Crippen LogP contribution in [0.5, 0.6) is 0 Å². The van der Waals surface area contributed by atoms with Gasteiger partial charge in [0.05, 0.1) is 11.1 Å². The van der Waals surface area contributed by atoms with Gasteiger partial charge in [-0.15, -0.1) is 0 Å². The lowest BCUT2D eigenvalue weighted by Crippen LogP contribution is -2.40. The standard InChI is InChI=1S/C23H31N3O4/c1-3-17(4-2)21(28)25-13-8-12-24(15-16-25)20(27)11-7-14-26-22(29)18-9-5-6-10-19(18)23(26)30/h5-6,9-10,17H,3-4,7-8,11-16H2,1-2H3. The molecular weight excluding hydrogens is 382 g/mol. The van der Waals surface area contributed by atoms with Gasteiger partial charge >= 0.3 is 0 Å². The van der Waals surface area contributed by atoms with Crippen molar-refractivity contribution in [3.8, 4) is 0 Å². The maximum atomic E-state index is 12.7. The maximum absolute atomic E-state index is 12.7. The van der Waals surface area contributed by atoms with Crippen LogP contribution in [0.4, 0.5) is 0 Å². The van der Waals surface area contributed by atoms with Crippen molar-refractivity contribution in [2.24, 2.45) is 5.92 Å². The van der Waals surface area contributed by atoms with E-state index in [9.17, 15) is 19.2 Å². The average molecular weight is 414 g/mol. The minimum Gasteiger partial charge on any atom is -0.341 e. The van der Waals surface area contributed by atoms with Crippen molar-refractivity contribution >= 4 is 23.6 Å². The van der Waals surface area contributed by atoms with E-state index < -0.39 is 0 Å². The Balaban J connectivity index is 1.47. The molecule has 30 heavy (non-hydrogen) atoms. The Morgan fingerprint density at radius 3 is 2.07 bits per heavy atom. The molecule has 2 aliphatic rings. The molecule has 1 aromatic carbocycles. The third-order valence-electron chi connectivity index (χ3n) is 6.15. The van der Waals surface area contributed by atoms with E-state index in [2.05, 4.69) is 0 Å². The molecule has 0 aliphatic carbocycles. The van der Waals surface area contributed by atoms with Crippen LogP contribution in [0.3, 0.4) is 0 Å². The Morgan fingerprint density at radius 1 is 0.900 bits per heavy atom. The number of carbonyl (C=O) groups excluding carboxylic acids is 4. The van der Waals surface area contributed by atoms with Crippen molar-refractivity contribution in [2.75, 3.05) is 32.7 Å². The van der Waals surface area contributed by atoms with Gasteiger partial charge in [-0.25, -0.2) is 0 Å². The molecule has 1 aromatic rings. The van der Waals surface area contributed by atoms with E-state index in [0.717, 1.165) is 19.3 Å². The third kappa shape index (κ3) is 4.55. The molecule has 162 valence electrons. The molecule has 0 N–H and O–H groups in total. The molecule has 0 bridgehead atoms. The summed E-state index contributed by atoms with van der Waals surface area (Å²) in [5.41, 5.74) is 0.868. The molecule has 0 saturated carbocycles. The van der Waals surface area contributed by atoms with Gasteiger partial charge in [0.1, 0.15) is 0 Å². The first kappa shape index (κ1) is 22.0. The van der Waals surface area contributed by atoms with Crippen molar-refractivity contribution in [1.29, 1.82) is 0 Å². The molecule has 0 aromatic heterocycles. The summed E-state index contributed by atoms with van der Waals surface area (Å²) in [6.07, 6.45) is 3.18. The minimum atomic E-state index is -0.284.